The Hall–Kier alpha value is -1.02. The minimum atomic E-state index is 0.111. The molecule has 0 aliphatic carbocycles. The zero-order chi connectivity index (χ0) is 9.84. The maximum absolute atomic E-state index is 10.7. The van der Waals surface area contributed by atoms with E-state index < -0.39 is 0 Å². The standard InChI is InChI=1S/C10H12ClNO/c1-7(13)6-12-10-5-3-4-9(11)8(10)2/h3-5,12H,6H2,1-2H3. The minimum absolute atomic E-state index is 0.111. The fourth-order valence-electron chi connectivity index (χ4n) is 1.02. The highest BCUT2D eigenvalue weighted by Crippen LogP contribution is 2.22. The molecule has 0 saturated carbocycles. The zero-order valence-corrected chi connectivity index (χ0v) is 8.48. The third-order valence-corrected chi connectivity index (χ3v) is 2.20. The zero-order valence-electron chi connectivity index (χ0n) is 7.73. The summed E-state index contributed by atoms with van der Waals surface area (Å²) in [7, 11) is 0. The van der Waals surface area contributed by atoms with Crippen molar-refractivity contribution < 1.29 is 4.79 Å². The maximum Gasteiger partial charge on any atom is 0.148 e. The normalized spacial score (nSPS) is 9.77. The SMILES string of the molecule is CC(=O)CNc1cccc(Cl)c1C. The molecule has 1 aromatic rings. The monoisotopic (exact) mass is 197 g/mol. The van der Waals surface area contributed by atoms with Crippen molar-refractivity contribution in [2.75, 3.05) is 11.9 Å². The first kappa shape index (κ1) is 10.1. The van der Waals surface area contributed by atoms with Crippen LogP contribution in [0.25, 0.3) is 0 Å². The summed E-state index contributed by atoms with van der Waals surface area (Å²) in [6.07, 6.45) is 0. The number of carbonyl (C=O) groups excluding carboxylic acids is 1. The summed E-state index contributed by atoms with van der Waals surface area (Å²) in [5.74, 6) is 0.111. The number of halogens is 1. The minimum Gasteiger partial charge on any atom is -0.378 e. The smallest absolute Gasteiger partial charge is 0.148 e. The maximum atomic E-state index is 10.7. The molecule has 0 radical (unpaired) electrons. The number of anilines is 1. The van der Waals surface area contributed by atoms with Gasteiger partial charge in [0.25, 0.3) is 0 Å². The van der Waals surface area contributed by atoms with E-state index in [2.05, 4.69) is 5.32 Å². The summed E-state index contributed by atoms with van der Waals surface area (Å²) >= 11 is 5.90. The van der Waals surface area contributed by atoms with Crippen LogP contribution in [0, 0.1) is 6.92 Å². The Morgan fingerprint density at radius 2 is 2.23 bits per heavy atom. The van der Waals surface area contributed by atoms with E-state index >= 15 is 0 Å². The largest absolute Gasteiger partial charge is 0.378 e. The highest BCUT2D eigenvalue weighted by atomic mass is 35.5. The molecule has 13 heavy (non-hydrogen) atoms. The lowest BCUT2D eigenvalue weighted by Crippen LogP contribution is -2.10. The number of benzene rings is 1. The van der Waals surface area contributed by atoms with Crippen LogP contribution in [0.5, 0.6) is 0 Å². The first-order chi connectivity index (χ1) is 6.11. The van der Waals surface area contributed by atoms with Gasteiger partial charge in [-0.3, -0.25) is 4.79 Å². The predicted molar refractivity (Wildman–Crippen MR) is 55.4 cm³/mol. The van der Waals surface area contributed by atoms with Gasteiger partial charge in [0.15, 0.2) is 0 Å². The molecule has 1 rings (SSSR count). The Labute approximate surface area is 82.9 Å². The highest BCUT2D eigenvalue weighted by molar-refractivity contribution is 6.31. The van der Waals surface area contributed by atoms with Crippen LogP contribution < -0.4 is 5.32 Å². The number of hydrogen-bond acceptors (Lipinski definition) is 2. The number of carbonyl (C=O) groups is 1. The molecule has 0 unspecified atom stereocenters. The van der Waals surface area contributed by atoms with E-state index in [1.165, 1.54) is 0 Å². The Balaban J connectivity index is 2.77. The summed E-state index contributed by atoms with van der Waals surface area (Å²) < 4.78 is 0. The van der Waals surface area contributed by atoms with Crippen LogP contribution in [0.15, 0.2) is 18.2 Å². The molecule has 2 nitrogen and oxygen atoms in total. The fraction of sp³-hybridized carbons (Fsp3) is 0.300. The molecule has 0 saturated heterocycles. The van der Waals surface area contributed by atoms with Gasteiger partial charge < -0.3 is 5.32 Å². The van der Waals surface area contributed by atoms with E-state index in [0.717, 1.165) is 11.3 Å². The van der Waals surface area contributed by atoms with Crippen molar-refractivity contribution in [2.45, 2.75) is 13.8 Å². The van der Waals surface area contributed by atoms with Gasteiger partial charge in [-0.2, -0.15) is 0 Å². The van der Waals surface area contributed by atoms with E-state index in [1.54, 1.807) is 6.92 Å². The van der Waals surface area contributed by atoms with Gasteiger partial charge >= 0.3 is 0 Å². The van der Waals surface area contributed by atoms with Gasteiger partial charge in [0.1, 0.15) is 5.78 Å². The van der Waals surface area contributed by atoms with Gasteiger partial charge in [0, 0.05) is 10.7 Å². The lowest BCUT2D eigenvalue weighted by Gasteiger charge is -2.08. The van der Waals surface area contributed by atoms with Gasteiger partial charge in [0.2, 0.25) is 0 Å². The van der Waals surface area contributed by atoms with E-state index in [1.807, 2.05) is 25.1 Å². The molecule has 0 spiro atoms. The van der Waals surface area contributed by atoms with Crippen molar-refractivity contribution in [3.8, 4) is 0 Å². The van der Waals surface area contributed by atoms with Crippen LogP contribution in [0.1, 0.15) is 12.5 Å². The van der Waals surface area contributed by atoms with Gasteiger partial charge in [-0.25, -0.2) is 0 Å². The van der Waals surface area contributed by atoms with Crippen LogP contribution in [0.2, 0.25) is 5.02 Å². The molecular formula is C10H12ClNO. The number of rotatable bonds is 3. The van der Waals surface area contributed by atoms with Gasteiger partial charge in [-0.05, 0) is 31.5 Å². The Morgan fingerprint density at radius 1 is 1.54 bits per heavy atom. The molecule has 0 heterocycles. The first-order valence-electron chi connectivity index (χ1n) is 4.09. The third kappa shape index (κ3) is 2.74. The molecule has 0 bridgehead atoms. The first-order valence-corrected chi connectivity index (χ1v) is 4.47. The second kappa shape index (κ2) is 4.28. The third-order valence-electron chi connectivity index (χ3n) is 1.80. The van der Waals surface area contributed by atoms with E-state index in [0.29, 0.717) is 11.6 Å². The van der Waals surface area contributed by atoms with Gasteiger partial charge in [0.05, 0.1) is 6.54 Å². The number of ketones is 1. The second-order valence-corrected chi connectivity index (χ2v) is 3.38. The number of nitrogens with one attached hydrogen (secondary N) is 1. The molecule has 0 aliphatic heterocycles. The summed E-state index contributed by atoms with van der Waals surface area (Å²) in [4.78, 5) is 10.7. The molecule has 0 amide bonds. The summed E-state index contributed by atoms with van der Waals surface area (Å²) in [5.41, 5.74) is 1.90. The summed E-state index contributed by atoms with van der Waals surface area (Å²) in [6, 6.07) is 5.60. The van der Waals surface area contributed by atoms with Crippen LogP contribution in [-0.4, -0.2) is 12.3 Å². The molecule has 1 aromatic carbocycles. The van der Waals surface area contributed by atoms with E-state index in [4.69, 9.17) is 11.6 Å². The average Bonchev–Trinajstić information content (AvgIpc) is 2.07. The molecule has 1 N–H and O–H groups in total. The summed E-state index contributed by atoms with van der Waals surface area (Å²) in [5, 5.41) is 3.74. The molecule has 0 aromatic heterocycles. The van der Waals surface area contributed by atoms with Crippen molar-refractivity contribution in [2.24, 2.45) is 0 Å². The molecular weight excluding hydrogens is 186 g/mol. The van der Waals surface area contributed by atoms with Gasteiger partial charge in [-0.15, -0.1) is 0 Å². The highest BCUT2D eigenvalue weighted by Gasteiger charge is 2.01. The van der Waals surface area contributed by atoms with Crippen molar-refractivity contribution in [3.05, 3.63) is 28.8 Å². The Kier molecular flexibility index (Phi) is 3.32. The van der Waals surface area contributed by atoms with Crippen molar-refractivity contribution in [1.29, 1.82) is 0 Å². The molecule has 0 atom stereocenters. The van der Waals surface area contributed by atoms with Crippen molar-refractivity contribution in [3.63, 3.8) is 0 Å². The lowest BCUT2D eigenvalue weighted by molar-refractivity contribution is -0.115. The van der Waals surface area contributed by atoms with Crippen LogP contribution in [-0.2, 0) is 4.79 Å². The van der Waals surface area contributed by atoms with Crippen LogP contribution in [0.3, 0.4) is 0 Å². The number of Topliss-reactive ketones (excluding diaryl/α,β-unsaturated/α-hetero) is 1. The molecule has 0 fully saturated rings. The summed E-state index contributed by atoms with van der Waals surface area (Å²) in [6.45, 7) is 3.82. The lowest BCUT2D eigenvalue weighted by atomic mass is 10.2. The van der Waals surface area contributed by atoms with E-state index in [9.17, 15) is 4.79 Å². The van der Waals surface area contributed by atoms with Crippen molar-refractivity contribution >= 4 is 23.1 Å². The molecule has 70 valence electrons. The van der Waals surface area contributed by atoms with Crippen LogP contribution >= 0.6 is 11.6 Å². The topological polar surface area (TPSA) is 29.1 Å². The average molecular weight is 198 g/mol. The van der Waals surface area contributed by atoms with Crippen molar-refractivity contribution in [1.82, 2.24) is 0 Å². The predicted octanol–water partition coefficient (Wildman–Crippen LogP) is 2.65. The van der Waals surface area contributed by atoms with Crippen LogP contribution in [0.4, 0.5) is 5.69 Å². The second-order valence-electron chi connectivity index (χ2n) is 2.97. The molecule has 3 heteroatoms. The quantitative estimate of drug-likeness (QED) is 0.807. The Bertz CT molecular complexity index is 323. The molecule has 0 aliphatic rings. The fourth-order valence-corrected chi connectivity index (χ4v) is 1.19. The van der Waals surface area contributed by atoms with Gasteiger partial charge in [-0.1, -0.05) is 17.7 Å². The Morgan fingerprint density at radius 3 is 2.85 bits per heavy atom. The number of hydrogen-bond donors (Lipinski definition) is 1. The van der Waals surface area contributed by atoms with E-state index in [-0.39, 0.29) is 5.78 Å².